The fourth-order valence-corrected chi connectivity index (χ4v) is 6.02. The lowest BCUT2D eigenvalue weighted by Gasteiger charge is -2.30. The number of amides is 3. The Balaban J connectivity index is 1.42. The average molecular weight is 552 g/mol. The molecule has 1 N–H and O–H groups in total. The number of rotatable bonds is 11. The lowest BCUT2D eigenvalue weighted by molar-refractivity contribution is -0.143. The van der Waals surface area contributed by atoms with Gasteiger partial charge in [0.1, 0.15) is 0 Å². The monoisotopic (exact) mass is 551 g/mol. The summed E-state index contributed by atoms with van der Waals surface area (Å²) in [5, 5.41) is 10.5. The minimum atomic E-state index is -0.914. The summed E-state index contributed by atoms with van der Waals surface area (Å²) in [5.41, 5.74) is 1.56. The number of carboxylic acids is 1. The van der Waals surface area contributed by atoms with E-state index >= 15 is 0 Å². The van der Waals surface area contributed by atoms with Gasteiger partial charge in [-0.2, -0.15) is 0 Å². The van der Waals surface area contributed by atoms with Crippen LogP contribution in [-0.2, 0) is 9.59 Å². The first-order chi connectivity index (χ1) is 19.4. The number of pyridine rings is 1. The maximum absolute atomic E-state index is 13.8. The summed E-state index contributed by atoms with van der Waals surface area (Å²) in [6.45, 7) is 4.92. The van der Waals surface area contributed by atoms with Crippen LogP contribution in [0.3, 0.4) is 0 Å². The van der Waals surface area contributed by atoms with E-state index in [1.807, 2.05) is 29.2 Å². The molecule has 0 radical (unpaired) electrons. The van der Waals surface area contributed by atoms with Crippen LogP contribution in [0.25, 0.3) is 0 Å². The Bertz CT molecular complexity index is 1230. The van der Waals surface area contributed by atoms with E-state index in [-0.39, 0.29) is 31.2 Å². The predicted molar refractivity (Wildman–Crippen MR) is 148 cm³/mol. The minimum Gasteiger partial charge on any atom is -0.481 e. The zero-order valence-corrected chi connectivity index (χ0v) is 23.1. The van der Waals surface area contributed by atoms with Crippen molar-refractivity contribution in [2.24, 2.45) is 5.92 Å². The molecule has 0 unspecified atom stereocenters. The van der Waals surface area contributed by atoms with Gasteiger partial charge in [-0.3, -0.25) is 19.5 Å². The Morgan fingerprint density at radius 3 is 2.70 bits per heavy atom. The first-order valence-corrected chi connectivity index (χ1v) is 13.9. The molecular formula is C29H37N5O6. The molecule has 5 rings (SSSR count). The van der Waals surface area contributed by atoms with Gasteiger partial charge in [-0.15, -0.1) is 0 Å². The first kappa shape index (κ1) is 27.7. The fourth-order valence-electron chi connectivity index (χ4n) is 6.02. The third-order valence-corrected chi connectivity index (χ3v) is 8.19. The number of aromatic nitrogens is 1. The molecule has 11 heteroatoms. The van der Waals surface area contributed by atoms with Gasteiger partial charge in [0, 0.05) is 57.9 Å². The molecule has 1 aromatic heterocycles. The van der Waals surface area contributed by atoms with Gasteiger partial charge in [0.15, 0.2) is 11.5 Å². The number of nitrogens with zero attached hydrogens (tertiary/aromatic N) is 5. The first-order valence-electron chi connectivity index (χ1n) is 13.9. The molecule has 1 aromatic carbocycles. The van der Waals surface area contributed by atoms with Gasteiger partial charge in [-0.05, 0) is 42.7 Å². The summed E-state index contributed by atoms with van der Waals surface area (Å²) in [6, 6.07) is 8.74. The number of ether oxygens (including phenoxy) is 2. The molecule has 214 valence electrons. The van der Waals surface area contributed by atoms with E-state index in [9.17, 15) is 19.5 Å². The van der Waals surface area contributed by atoms with E-state index in [0.29, 0.717) is 50.6 Å². The molecule has 40 heavy (non-hydrogen) atoms. The summed E-state index contributed by atoms with van der Waals surface area (Å²) >= 11 is 0. The Labute approximate surface area is 234 Å². The summed E-state index contributed by atoms with van der Waals surface area (Å²) in [6.07, 6.45) is 5.58. The molecule has 0 aliphatic carbocycles. The molecule has 2 fully saturated rings. The smallest absolute Gasteiger partial charge is 0.319 e. The third kappa shape index (κ3) is 5.70. The van der Waals surface area contributed by atoms with E-state index in [2.05, 4.69) is 11.9 Å². The number of hydrogen-bond donors (Lipinski definition) is 1. The highest BCUT2D eigenvalue weighted by Crippen LogP contribution is 2.43. The van der Waals surface area contributed by atoms with Gasteiger partial charge in [0.2, 0.25) is 12.7 Å². The number of hydrogen-bond acceptors (Lipinski definition) is 7. The van der Waals surface area contributed by atoms with E-state index in [1.165, 1.54) is 0 Å². The van der Waals surface area contributed by atoms with Crippen LogP contribution in [0, 0.1) is 5.92 Å². The van der Waals surface area contributed by atoms with Crippen LogP contribution in [-0.4, -0.2) is 102 Å². The van der Waals surface area contributed by atoms with Crippen molar-refractivity contribution in [3.63, 3.8) is 0 Å². The quantitative estimate of drug-likeness (QED) is 0.453. The minimum absolute atomic E-state index is 0.0536. The Morgan fingerprint density at radius 2 is 2.00 bits per heavy atom. The Morgan fingerprint density at radius 1 is 1.18 bits per heavy atom. The number of unbranched alkanes of at least 4 members (excludes halogenated alkanes) is 1. The van der Waals surface area contributed by atoms with Crippen molar-refractivity contribution in [2.45, 2.75) is 38.1 Å². The normalized spacial score (nSPS) is 22.2. The van der Waals surface area contributed by atoms with Gasteiger partial charge in [-0.1, -0.05) is 19.4 Å². The summed E-state index contributed by atoms with van der Waals surface area (Å²) in [5.74, 6) is -0.894. The van der Waals surface area contributed by atoms with Gasteiger partial charge in [0.25, 0.3) is 0 Å². The summed E-state index contributed by atoms with van der Waals surface area (Å²) < 4.78 is 11.0. The van der Waals surface area contributed by atoms with E-state index in [0.717, 1.165) is 24.1 Å². The second-order valence-electron chi connectivity index (χ2n) is 10.7. The molecule has 4 heterocycles. The highest BCUT2D eigenvalue weighted by molar-refractivity contribution is 5.94. The number of likely N-dealkylation sites (tertiary alicyclic amines) is 1. The van der Waals surface area contributed by atoms with E-state index < -0.39 is 17.9 Å². The molecule has 0 bridgehead atoms. The molecule has 2 aromatic rings. The van der Waals surface area contributed by atoms with Crippen LogP contribution >= 0.6 is 0 Å². The number of urea groups is 1. The van der Waals surface area contributed by atoms with E-state index in [4.69, 9.17) is 9.47 Å². The molecule has 3 aliphatic heterocycles. The average Bonchev–Trinajstić information content (AvgIpc) is 3.65. The lowest BCUT2D eigenvalue weighted by Crippen LogP contribution is -2.46. The van der Waals surface area contributed by atoms with Crippen LogP contribution in [0.15, 0.2) is 42.7 Å². The molecule has 3 aliphatic rings. The Hall–Kier alpha value is -3.86. The number of carboxylic acid groups (broad SMARTS) is 1. The molecule has 0 saturated carbocycles. The van der Waals surface area contributed by atoms with Crippen LogP contribution < -0.4 is 14.4 Å². The number of likely N-dealkylation sites (N-methyl/N-ethyl adjacent to an activating group) is 1. The number of aliphatic carboxylic acids is 1. The fraction of sp³-hybridized carbons (Fsp3) is 0.517. The molecule has 3 atom stereocenters. The summed E-state index contributed by atoms with van der Waals surface area (Å²) in [7, 11) is 1.77. The van der Waals surface area contributed by atoms with Crippen LogP contribution in [0.2, 0.25) is 0 Å². The maximum Gasteiger partial charge on any atom is 0.319 e. The highest BCUT2D eigenvalue weighted by Gasteiger charge is 2.47. The number of carbonyl (C=O) groups is 3. The SMILES string of the molecule is CCCCN(C(=O)CN1C[C@H](c2ccc3c(c2)OCO3)[C@@H](C(=O)O)[C@@H]1CCN1CCN(C)C1=O)c1cccnc1. The zero-order chi connectivity index (χ0) is 28.2. The van der Waals surface area contributed by atoms with Gasteiger partial charge >= 0.3 is 12.0 Å². The summed E-state index contributed by atoms with van der Waals surface area (Å²) in [4.78, 5) is 50.5. The van der Waals surface area contributed by atoms with Gasteiger partial charge in [0.05, 0.1) is 24.3 Å². The van der Waals surface area contributed by atoms with Crippen molar-refractivity contribution in [1.29, 1.82) is 0 Å². The zero-order valence-electron chi connectivity index (χ0n) is 23.1. The maximum atomic E-state index is 13.8. The van der Waals surface area contributed by atoms with E-state index in [1.54, 1.807) is 40.2 Å². The van der Waals surface area contributed by atoms with Crippen molar-refractivity contribution in [3.05, 3.63) is 48.3 Å². The largest absolute Gasteiger partial charge is 0.481 e. The van der Waals surface area contributed by atoms with Crippen molar-refractivity contribution in [3.8, 4) is 11.5 Å². The molecule has 11 nitrogen and oxygen atoms in total. The predicted octanol–water partition coefficient (Wildman–Crippen LogP) is 2.87. The van der Waals surface area contributed by atoms with Crippen molar-refractivity contribution in [1.82, 2.24) is 19.7 Å². The molecule has 0 spiro atoms. The number of benzene rings is 1. The van der Waals surface area contributed by atoms with Crippen LogP contribution in [0.4, 0.5) is 10.5 Å². The lowest BCUT2D eigenvalue weighted by atomic mass is 9.84. The third-order valence-electron chi connectivity index (χ3n) is 8.19. The Kier molecular flexibility index (Phi) is 8.39. The second-order valence-corrected chi connectivity index (χ2v) is 10.7. The van der Waals surface area contributed by atoms with Crippen LogP contribution in [0.1, 0.15) is 37.7 Å². The van der Waals surface area contributed by atoms with Crippen molar-refractivity contribution < 1.29 is 29.0 Å². The van der Waals surface area contributed by atoms with Crippen molar-refractivity contribution in [2.75, 3.05) is 58.0 Å². The van der Waals surface area contributed by atoms with Crippen molar-refractivity contribution >= 4 is 23.6 Å². The molecular weight excluding hydrogens is 514 g/mol. The number of anilines is 1. The van der Waals surface area contributed by atoms with Gasteiger partial charge < -0.3 is 29.3 Å². The number of fused-ring (bicyclic) bond motifs is 1. The molecule has 2 saturated heterocycles. The highest BCUT2D eigenvalue weighted by atomic mass is 16.7. The second kappa shape index (κ2) is 12.1. The van der Waals surface area contributed by atoms with Crippen LogP contribution in [0.5, 0.6) is 11.5 Å². The molecule has 3 amide bonds. The topological polar surface area (TPSA) is 116 Å². The standard InChI is InChI=1S/C29H37N5O6/c1-3-4-11-34(21-6-5-10-30-16-21)26(35)18-33-17-22(20-7-8-24-25(15-20)40-19-39-24)27(28(36)37)23(33)9-12-32-14-13-31(2)29(32)38/h5-8,10,15-16,22-23,27H,3-4,9,11-14,17-19H2,1-2H3,(H,36,37)/t22-,23+,27-/m1/s1. The van der Waals surface area contributed by atoms with Gasteiger partial charge in [-0.25, -0.2) is 4.79 Å². The number of carbonyl (C=O) groups excluding carboxylic acids is 2.